The summed E-state index contributed by atoms with van der Waals surface area (Å²) in [5.74, 6) is -0.614. The lowest BCUT2D eigenvalue weighted by molar-refractivity contribution is -0.122. The largest absolute Gasteiger partial charge is 0.351 e. The molecule has 27 heavy (non-hydrogen) atoms. The van der Waals surface area contributed by atoms with Crippen LogP contribution in [-0.2, 0) is 17.9 Å². The van der Waals surface area contributed by atoms with Gasteiger partial charge in [-0.3, -0.25) is 14.6 Å². The first-order chi connectivity index (χ1) is 13.1. The molecule has 1 N–H and O–H groups in total. The van der Waals surface area contributed by atoms with Crippen LogP contribution in [0.1, 0.15) is 17.5 Å². The van der Waals surface area contributed by atoms with E-state index in [1.807, 2.05) is 12.1 Å². The van der Waals surface area contributed by atoms with Crippen molar-refractivity contribution in [1.82, 2.24) is 15.1 Å². The Bertz CT molecular complexity index is 751. The van der Waals surface area contributed by atoms with Crippen LogP contribution in [0.4, 0.5) is 8.78 Å². The van der Waals surface area contributed by atoms with E-state index in [0.717, 1.165) is 44.7 Å². The molecule has 1 fully saturated rings. The van der Waals surface area contributed by atoms with E-state index in [1.54, 1.807) is 18.2 Å². The van der Waals surface area contributed by atoms with Crippen LogP contribution in [0.3, 0.4) is 0 Å². The number of hydrogen-bond acceptors (Lipinski definition) is 3. The summed E-state index contributed by atoms with van der Waals surface area (Å²) in [5, 5.41) is 2.79. The molecule has 0 aliphatic carbocycles. The Morgan fingerprint density at radius 3 is 2.41 bits per heavy atom. The second-order valence-corrected chi connectivity index (χ2v) is 6.90. The SMILES string of the molecule is O=C(CN1CCCN(Cc2ccc(F)cc2)CC1)NCc1ccccc1F. The predicted molar refractivity (Wildman–Crippen MR) is 101 cm³/mol. The average molecular weight is 373 g/mol. The maximum atomic E-state index is 13.6. The molecule has 1 aliphatic rings. The number of carbonyl (C=O) groups is 1. The molecule has 144 valence electrons. The van der Waals surface area contributed by atoms with E-state index in [-0.39, 0.29) is 24.1 Å². The highest BCUT2D eigenvalue weighted by Gasteiger charge is 2.17. The average Bonchev–Trinajstić information content (AvgIpc) is 2.88. The van der Waals surface area contributed by atoms with Gasteiger partial charge < -0.3 is 5.32 Å². The first-order valence-corrected chi connectivity index (χ1v) is 9.29. The van der Waals surface area contributed by atoms with Gasteiger partial charge in [0, 0.05) is 31.7 Å². The molecule has 2 aromatic carbocycles. The third-order valence-electron chi connectivity index (χ3n) is 4.80. The summed E-state index contributed by atoms with van der Waals surface area (Å²) in [4.78, 5) is 16.6. The van der Waals surface area contributed by atoms with Crippen LogP contribution in [0.25, 0.3) is 0 Å². The standard InChI is InChI=1S/C21H25F2N3O/c22-19-8-6-17(7-9-19)15-25-10-3-11-26(13-12-25)16-21(27)24-14-18-4-1-2-5-20(18)23/h1-2,4-9H,3,10-16H2,(H,24,27). The molecule has 1 heterocycles. The fourth-order valence-electron chi connectivity index (χ4n) is 3.28. The number of nitrogens with one attached hydrogen (secondary N) is 1. The fourth-order valence-corrected chi connectivity index (χ4v) is 3.28. The van der Waals surface area contributed by atoms with Gasteiger partial charge in [0.15, 0.2) is 0 Å². The van der Waals surface area contributed by atoms with Gasteiger partial charge in [-0.25, -0.2) is 8.78 Å². The number of nitrogens with zero attached hydrogens (tertiary/aromatic N) is 2. The number of carbonyl (C=O) groups excluding carboxylic acids is 1. The van der Waals surface area contributed by atoms with Crippen molar-refractivity contribution in [1.29, 1.82) is 0 Å². The fraction of sp³-hybridized carbons (Fsp3) is 0.381. The molecule has 0 unspecified atom stereocenters. The Hall–Kier alpha value is -2.31. The number of rotatable bonds is 6. The molecule has 0 saturated carbocycles. The van der Waals surface area contributed by atoms with Crippen molar-refractivity contribution in [3.05, 3.63) is 71.3 Å². The second-order valence-electron chi connectivity index (χ2n) is 6.90. The minimum absolute atomic E-state index is 0.0924. The predicted octanol–water partition coefficient (Wildman–Crippen LogP) is 2.79. The van der Waals surface area contributed by atoms with Crippen molar-refractivity contribution in [2.75, 3.05) is 32.7 Å². The number of benzene rings is 2. The molecule has 3 rings (SSSR count). The van der Waals surface area contributed by atoms with E-state index in [9.17, 15) is 13.6 Å². The minimum Gasteiger partial charge on any atom is -0.351 e. The molecule has 0 spiro atoms. The summed E-state index contributed by atoms with van der Waals surface area (Å²) < 4.78 is 26.6. The quantitative estimate of drug-likeness (QED) is 0.846. The molecule has 0 atom stereocenters. The topological polar surface area (TPSA) is 35.6 Å². The van der Waals surface area contributed by atoms with Crippen LogP contribution in [0, 0.1) is 11.6 Å². The van der Waals surface area contributed by atoms with Gasteiger partial charge in [0.05, 0.1) is 6.54 Å². The molecule has 1 aliphatic heterocycles. The zero-order valence-electron chi connectivity index (χ0n) is 15.3. The molecule has 0 radical (unpaired) electrons. The van der Waals surface area contributed by atoms with Crippen LogP contribution in [0.2, 0.25) is 0 Å². The highest BCUT2D eigenvalue weighted by Crippen LogP contribution is 2.10. The zero-order chi connectivity index (χ0) is 19.1. The van der Waals surface area contributed by atoms with E-state index in [1.165, 1.54) is 18.2 Å². The Kier molecular flexibility index (Phi) is 6.90. The zero-order valence-corrected chi connectivity index (χ0v) is 15.3. The molecule has 1 saturated heterocycles. The van der Waals surface area contributed by atoms with E-state index < -0.39 is 0 Å². The van der Waals surface area contributed by atoms with Gasteiger partial charge in [-0.15, -0.1) is 0 Å². The molecule has 2 aromatic rings. The molecule has 0 bridgehead atoms. The van der Waals surface area contributed by atoms with Crippen LogP contribution < -0.4 is 5.32 Å². The van der Waals surface area contributed by atoms with Crippen molar-refractivity contribution in [2.45, 2.75) is 19.5 Å². The van der Waals surface area contributed by atoms with Gasteiger partial charge in [0.1, 0.15) is 11.6 Å². The van der Waals surface area contributed by atoms with Gasteiger partial charge in [0.25, 0.3) is 0 Å². The first-order valence-electron chi connectivity index (χ1n) is 9.29. The monoisotopic (exact) mass is 373 g/mol. The van der Waals surface area contributed by atoms with Crippen LogP contribution in [0.15, 0.2) is 48.5 Å². The first kappa shape index (κ1) is 19.5. The van der Waals surface area contributed by atoms with E-state index in [4.69, 9.17) is 0 Å². The van der Waals surface area contributed by atoms with Gasteiger partial charge in [0.2, 0.25) is 5.91 Å². The lowest BCUT2D eigenvalue weighted by Gasteiger charge is -2.21. The Morgan fingerprint density at radius 2 is 1.63 bits per heavy atom. The van der Waals surface area contributed by atoms with Crippen molar-refractivity contribution in [3.8, 4) is 0 Å². The summed E-state index contributed by atoms with van der Waals surface area (Å²) in [6.07, 6.45) is 0.974. The number of halogens is 2. The summed E-state index contributed by atoms with van der Waals surface area (Å²) in [6.45, 7) is 4.77. The van der Waals surface area contributed by atoms with Gasteiger partial charge in [-0.05, 0) is 43.3 Å². The molecular formula is C21H25F2N3O. The third kappa shape index (κ3) is 6.12. The summed E-state index contributed by atoms with van der Waals surface area (Å²) in [5.41, 5.74) is 1.58. The lowest BCUT2D eigenvalue weighted by atomic mass is 10.2. The molecule has 1 amide bonds. The molecule has 6 heteroatoms. The van der Waals surface area contributed by atoms with E-state index in [0.29, 0.717) is 12.1 Å². The molecule has 0 aromatic heterocycles. The Labute approximate surface area is 158 Å². The normalized spacial score (nSPS) is 16.1. The van der Waals surface area contributed by atoms with Crippen LogP contribution >= 0.6 is 0 Å². The van der Waals surface area contributed by atoms with Crippen molar-refractivity contribution in [3.63, 3.8) is 0 Å². The van der Waals surface area contributed by atoms with E-state index in [2.05, 4.69) is 15.1 Å². The summed E-state index contributed by atoms with van der Waals surface area (Å²) in [6, 6.07) is 13.1. The third-order valence-corrected chi connectivity index (χ3v) is 4.80. The Balaban J connectivity index is 1.43. The van der Waals surface area contributed by atoms with Gasteiger partial charge in [-0.1, -0.05) is 30.3 Å². The minimum atomic E-state index is -0.302. The van der Waals surface area contributed by atoms with Crippen molar-refractivity contribution < 1.29 is 13.6 Å². The number of amides is 1. The second kappa shape index (κ2) is 9.58. The van der Waals surface area contributed by atoms with Gasteiger partial charge in [-0.2, -0.15) is 0 Å². The van der Waals surface area contributed by atoms with Crippen molar-refractivity contribution in [2.24, 2.45) is 0 Å². The maximum Gasteiger partial charge on any atom is 0.234 e. The van der Waals surface area contributed by atoms with Gasteiger partial charge >= 0.3 is 0 Å². The smallest absolute Gasteiger partial charge is 0.234 e. The summed E-state index contributed by atoms with van der Waals surface area (Å²) >= 11 is 0. The number of hydrogen-bond donors (Lipinski definition) is 1. The highest BCUT2D eigenvalue weighted by molar-refractivity contribution is 5.78. The maximum absolute atomic E-state index is 13.6. The molecular weight excluding hydrogens is 348 g/mol. The highest BCUT2D eigenvalue weighted by atomic mass is 19.1. The molecule has 4 nitrogen and oxygen atoms in total. The van der Waals surface area contributed by atoms with E-state index >= 15 is 0 Å². The lowest BCUT2D eigenvalue weighted by Crippen LogP contribution is -2.39. The van der Waals surface area contributed by atoms with Crippen molar-refractivity contribution >= 4 is 5.91 Å². The Morgan fingerprint density at radius 1 is 0.926 bits per heavy atom. The summed E-state index contributed by atoms with van der Waals surface area (Å²) in [7, 11) is 0. The van der Waals surface area contributed by atoms with Crippen LogP contribution in [-0.4, -0.2) is 48.4 Å². The van der Waals surface area contributed by atoms with Crippen LogP contribution in [0.5, 0.6) is 0 Å².